The van der Waals surface area contributed by atoms with Crippen LogP contribution < -0.4 is 5.73 Å². The molecule has 0 amide bonds. The maximum absolute atomic E-state index is 10.6. The fourth-order valence-electron chi connectivity index (χ4n) is 2.49. The van der Waals surface area contributed by atoms with Gasteiger partial charge in [-0.2, -0.15) is 0 Å². The smallest absolute Gasteiger partial charge is 0.0870 e. The van der Waals surface area contributed by atoms with Crippen molar-refractivity contribution in [2.75, 3.05) is 6.54 Å². The van der Waals surface area contributed by atoms with Crippen LogP contribution in [0.25, 0.3) is 0 Å². The molecule has 21 heavy (non-hydrogen) atoms. The summed E-state index contributed by atoms with van der Waals surface area (Å²) >= 11 is 6.03. The summed E-state index contributed by atoms with van der Waals surface area (Å²) in [6, 6.07) is 15.6. The molecule has 0 heterocycles. The van der Waals surface area contributed by atoms with Crippen molar-refractivity contribution < 1.29 is 5.11 Å². The number of benzene rings is 2. The summed E-state index contributed by atoms with van der Waals surface area (Å²) in [5, 5.41) is 11.3. The maximum Gasteiger partial charge on any atom is 0.0870 e. The van der Waals surface area contributed by atoms with E-state index in [4.69, 9.17) is 17.3 Å². The predicted octanol–water partition coefficient (Wildman–Crippen LogP) is 4.24. The molecule has 0 aliphatic rings. The molecule has 0 spiro atoms. The third-order valence-electron chi connectivity index (χ3n) is 3.86. The average molecular weight is 304 g/mol. The van der Waals surface area contributed by atoms with Gasteiger partial charge in [0, 0.05) is 17.5 Å². The number of halogens is 1. The van der Waals surface area contributed by atoms with Crippen LogP contribution >= 0.6 is 11.6 Å². The lowest BCUT2D eigenvalue weighted by molar-refractivity contribution is 0.147. The highest BCUT2D eigenvalue weighted by molar-refractivity contribution is 6.30. The summed E-state index contributed by atoms with van der Waals surface area (Å²) in [5.41, 5.74) is 8.98. The van der Waals surface area contributed by atoms with E-state index in [0.29, 0.717) is 17.5 Å². The Morgan fingerprint density at radius 1 is 1.00 bits per heavy atom. The Kier molecular flexibility index (Phi) is 5.40. The number of nitrogens with two attached hydrogens (primary N) is 1. The van der Waals surface area contributed by atoms with Crippen LogP contribution in [0.4, 0.5) is 0 Å². The number of aliphatic hydroxyl groups excluding tert-OH is 1. The van der Waals surface area contributed by atoms with Gasteiger partial charge in [-0.05, 0) is 34.7 Å². The van der Waals surface area contributed by atoms with Crippen molar-refractivity contribution in [2.45, 2.75) is 31.8 Å². The van der Waals surface area contributed by atoms with E-state index in [1.54, 1.807) is 0 Å². The molecule has 0 saturated carbocycles. The molecule has 0 aliphatic carbocycles. The average Bonchev–Trinajstić information content (AvgIpc) is 2.48. The minimum absolute atomic E-state index is 0.159. The number of hydrogen-bond donors (Lipinski definition) is 2. The standard InChI is InChI=1S/C18H22ClNO/c1-12(2)13-6-8-14(9-7-13)18(21)17(11-20)15-4-3-5-16(19)10-15/h3-10,12,17-18,21H,11,20H2,1-2H3. The van der Waals surface area contributed by atoms with Crippen molar-refractivity contribution in [1.29, 1.82) is 0 Å². The van der Waals surface area contributed by atoms with Gasteiger partial charge in [0.2, 0.25) is 0 Å². The van der Waals surface area contributed by atoms with Crippen LogP contribution in [0, 0.1) is 0 Å². The first-order valence-electron chi connectivity index (χ1n) is 7.26. The van der Waals surface area contributed by atoms with Gasteiger partial charge in [0.05, 0.1) is 6.10 Å². The van der Waals surface area contributed by atoms with E-state index < -0.39 is 6.10 Å². The first-order valence-corrected chi connectivity index (χ1v) is 7.64. The van der Waals surface area contributed by atoms with Crippen molar-refractivity contribution in [3.8, 4) is 0 Å². The zero-order valence-electron chi connectivity index (χ0n) is 12.5. The number of aliphatic hydroxyl groups is 1. The van der Waals surface area contributed by atoms with E-state index in [-0.39, 0.29) is 5.92 Å². The topological polar surface area (TPSA) is 46.2 Å². The van der Waals surface area contributed by atoms with Gasteiger partial charge in [0.1, 0.15) is 0 Å². The molecular weight excluding hydrogens is 282 g/mol. The minimum atomic E-state index is -0.630. The van der Waals surface area contributed by atoms with Crippen LogP contribution in [-0.4, -0.2) is 11.7 Å². The molecular formula is C18H22ClNO. The van der Waals surface area contributed by atoms with Gasteiger partial charge in [-0.3, -0.25) is 0 Å². The molecule has 2 atom stereocenters. The molecule has 3 N–H and O–H groups in total. The van der Waals surface area contributed by atoms with Gasteiger partial charge in [-0.15, -0.1) is 0 Å². The summed E-state index contributed by atoms with van der Waals surface area (Å²) < 4.78 is 0. The molecule has 2 nitrogen and oxygen atoms in total. The minimum Gasteiger partial charge on any atom is -0.388 e. The Bertz CT molecular complexity index is 580. The summed E-state index contributed by atoms with van der Waals surface area (Å²) in [6.07, 6.45) is -0.630. The molecule has 112 valence electrons. The third-order valence-corrected chi connectivity index (χ3v) is 4.09. The molecule has 0 aliphatic heterocycles. The number of hydrogen-bond acceptors (Lipinski definition) is 2. The molecule has 3 heteroatoms. The quantitative estimate of drug-likeness (QED) is 0.868. The second kappa shape index (κ2) is 7.08. The van der Waals surface area contributed by atoms with Crippen LogP contribution in [0.3, 0.4) is 0 Å². The van der Waals surface area contributed by atoms with Crippen LogP contribution in [0.1, 0.15) is 48.5 Å². The highest BCUT2D eigenvalue weighted by atomic mass is 35.5. The lowest BCUT2D eigenvalue weighted by atomic mass is 9.88. The van der Waals surface area contributed by atoms with Crippen molar-refractivity contribution in [1.82, 2.24) is 0 Å². The Hall–Kier alpha value is -1.35. The van der Waals surface area contributed by atoms with Crippen LogP contribution in [0.2, 0.25) is 5.02 Å². The van der Waals surface area contributed by atoms with Gasteiger partial charge in [0.15, 0.2) is 0 Å². The molecule has 2 rings (SSSR count). The van der Waals surface area contributed by atoms with Crippen molar-refractivity contribution in [3.05, 3.63) is 70.2 Å². The highest BCUT2D eigenvalue weighted by Crippen LogP contribution is 2.32. The van der Waals surface area contributed by atoms with E-state index >= 15 is 0 Å². The lowest BCUT2D eigenvalue weighted by Crippen LogP contribution is -2.20. The zero-order chi connectivity index (χ0) is 15.4. The van der Waals surface area contributed by atoms with Crippen LogP contribution in [0.5, 0.6) is 0 Å². The normalized spacial score (nSPS) is 14.2. The molecule has 0 bridgehead atoms. The second-order valence-electron chi connectivity index (χ2n) is 5.66. The van der Waals surface area contributed by atoms with E-state index in [2.05, 4.69) is 26.0 Å². The van der Waals surface area contributed by atoms with Gasteiger partial charge in [-0.25, -0.2) is 0 Å². The molecule has 0 aromatic heterocycles. The summed E-state index contributed by atoms with van der Waals surface area (Å²) in [5.74, 6) is 0.322. The van der Waals surface area contributed by atoms with Crippen LogP contribution in [0.15, 0.2) is 48.5 Å². The summed E-state index contributed by atoms with van der Waals surface area (Å²) in [4.78, 5) is 0. The van der Waals surface area contributed by atoms with E-state index in [0.717, 1.165) is 11.1 Å². The SMILES string of the molecule is CC(C)c1ccc(C(O)C(CN)c2cccc(Cl)c2)cc1. The van der Waals surface area contributed by atoms with E-state index in [9.17, 15) is 5.11 Å². The highest BCUT2D eigenvalue weighted by Gasteiger charge is 2.21. The van der Waals surface area contributed by atoms with Gasteiger partial charge >= 0.3 is 0 Å². The van der Waals surface area contributed by atoms with Crippen molar-refractivity contribution in [3.63, 3.8) is 0 Å². The van der Waals surface area contributed by atoms with Crippen LogP contribution in [-0.2, 0) is 0 Å². The van der Waals surface area contributed by atoms with Gasteiger partial charge in [-0.1, -0.05) is 61.8 Å². The molecule has 0 radical (unpaired) electrons. The molecule has 2 aromatic carbocycles. The molecule has 2 unspecified atom stereocenters. The van der Waals surface area contributed by atoms with Crippen molar-refractivity contribution >= 4 is 11.6 Å². The summed E-state index contributed by atoms with van der Waals surface area (Å²) in [7, 11) is 0. The fraction of sp³-hybridized carbons (Fsp3) is 0.333. The van der Waals surface area contributed by atoms with Gasteiger partial charge < -0.3 is 10.8 Å². The lowest BCUT2D eigenvalue weighted by Gasteiger charge is -2.23. The summed E-state index contributed by atoms with van der Waals surface area (Å²) in [6.45, 7) is 4.67. The molecule has 0 saturated heterocycles. The third kappa shape index (κ3) is 3.85. The largest absolute Gasteiger partial charge is 0.388 e. The monoisotopic (exact) mass is 303 g/mol. The second-order valence-corrected chi connectivity index (χ2v) is 6.10. The Labute approximate surface area is 131 Å². The first kappa shape index (κ1) is 16.0. The van der Waals surface area contributed by atoms with Crippen molar-refractivity contribution in [2.24, 2.45) is 5.73 Å². The first-order chi connectivity index (χ1) is 10.0. The van der Waals surface area contributed by atoms with E-state index in [1.165, 1.54) is 5.56 Å². The Morgan fingerprint density at radius 3 is 2.14 bits per heavy atom. The predicted molar refractivity (Wildman–Crippen MR) is 88.7 cm³/mol. The Balaban J connectivity index is 2.25. The zero-order valence-corrected chi connectivity index (χ0v) is 13.2. The molecule has 2 aromatic rings. The fourth-order valence-corrected chi connectivity index (χ4v) is 2.69. The van der Waals surface area contributed by atoms with Gasteiger partial charge in [0.25, 0.3) is 0 Å². The molecule has 0 fully saturated rings. The maximum atomic E-state index is 10.6. The number of rotatable bonds is 5. The van der Waals surface area contributed by atoms with E-state index in [1.807, 2.05) is 36.4 Å². The Morgan fingerprint density at radius 2 is 1.62 bits per heavy atom.